The molecule has 3 N–H and O–H groups in total. The molecule has 12 nitrogen and oxygen atoms in total. The molecule has 0 saturated carbocycles. The second kappa shape index (κ2) is 21.9. The van der Waals surface area contributed by atoms with Gasteiger partial charge in [-0.05, 0) is 64.0 Å². The van der Waals surface area contributed by atoms with Gasteiger partial charge in [-0.3, -0.25) is 24.1 Å². The van der Waals surface area contributed by atoms with Gasteiger partial charge in [-0.2, -0.15) is 0 Å². The summed E-state index contributed by atoms with van der Waals surface area (Å²) in [4.78, 5) is 61.3. The third-order valence-electron chi connectivity index (χ3n) is 11.6. The van der Waals surface area contributed by atoms with Crippen molar-refractivity contribution in [2.75, 3.05) is 34.9 Å². The predicted octanol–water partition coefficient (Wildman–Crippen LogP) is 4.65. The average molecular weight is 760 g/mol. The van der Waals surface area contributed by atoms with Crippen LogP contribution in [-0.2, 0) is 28.7 Å². The Hall–Kier alpha value is -3.06. The van der Waals surface area contributed by atoms with Crippen LogP contribution in [0.3, 0.4) is 0 Å². The first kappa shape index (κ1) is 47.1. The topological polar surface area (TPSA) is 141 Å². The van der Waals surface area contributed by atoms with Crippen LogP contribution < -0.4 is 10.6 Å². The van der Waals surface area contributed by atoms with E-state index in [1.165, 1.54) is 0 Å². The molecule has 308 valence electrons. The molecule has 12 heteroatoms. The van der Waals surface area contributed by atoms with Gasteiger partial charge in [0.05, 0.1) is 54.8 Å². The number of amides is 4. The van der Waals surface area contributed by atoms with Gasteiger partial charge in [-0.15, -0.1) is 0 Å². The highest BCUT2D eigenvalue weighted by Gasteiger charge is 2.43. The number of likely N-dealkylation sites (N-methyl/N-ethyl adjacent to an activating group) is 2. The van der Waals surface area contributed by atoms with E-state index in [2.05, 4.69) is 17.6 Å². The number of hydrogen-bond donors (Lipinski definition) is 3. The molecule has 1 unspecified atom stereocenters. The van der Waals surface area contributed by atoms with Crippen LogP contribution in [0, 0.1) is 23.7 Å². The molecule has 1 aliphatic rings. The van der Waals surface area contributed by atoms with Crippen molar-refractivity contribution in [3.63, 3.8) is 0 Å². The smallest absolute Gasteiger partial charge is 0.245 e. The van der Waals surface area contributed by atoms with Gasteiger partial charge < -0.3 is 35.0 Å². The highest BCUT2D eigenvalue weighted by Crippen LogP contribution is 2.30. The molecule has 0 radical (unpaired) electrons. The third-order valence-corrected chi connectivity index (χ3v) is 11.6. The zero-order chi connectivity index (χ0) is 41.0. The summed E-state index contributed by atoms with van der Waals surface area (Å²) < 4.78 is 12.0. The highest BCUT2D eigenvalue weighted by atomic mass is 16.5. The summed E-state index contributed by atoms with van der Waals surface area (Å²) in [6.07, 6.45) is 0.136. The van der Waals surface area contributed by atoms with Crippen LogP contribution in [0.5, 0.6) is 0 Å². The molecule has 54 heavy (non-hydrogen) atoms. The third kappa shape index (κ3) is 12.0. The molecule has 2 rings (SSSR count). The molecule has 1 heterocycles. The number of rotatable bonds is 21. The number of benzene rings is 1. The van der Waals surface area contributed by atoms with Gasteiger partial charge in [0, 0.05) is 33.9 Å². The molecular weight excluding hydrogens is 686 g/mol. The van der Waals surface area contributed by atoms with E-state index < -0.39 is 48.4 Å². The molecule has 1 aliphatic heterocycles. The number of nitrogens with zero attached hydrogens (tertiary/aromatic N) is 3. The van der Waals surface area contributed by atoms with Crippen molar-refractivity contribution in [2.24, 2.45) is 23.7 Å². The maximum Gasteiger partial charge on any atom is 0.245 e. The SMILES string of the molecule is CC[C@H](C)C([C@@H](CC(=O)N1CCC[C@H]1[C@H](OC)[C@@H](C)C(=O)N[C@H](C)[C@@H](O)c1ccccc1)OC)N(C)C(=O)[C@@H](NC(=O)[C@H](C(C)C)N(C)C(C)C)C(C)C. The Morgan fingerprint density at radius 2 is 1.50 bits per heavy atom. The van der Waals surface area contributed by atoms with Crippen LogP contribution in [0.1, 0.15) is 107 Å². The number of nitrogens with one attached hydrogen (secondary N) is 2. The summed E-state index contributed by atoms with van der Waals surface area (Å²) in [5.41, 5.74) is 0.711. The van der Waals surface area contributed by atoms with Crippen molar-refractivity contribution in [1.82, 2.24) is 25.3 Å². The van der Waals surface area contributed by atoms with Crippen LogP contribution >= 0.6 is 0 Å². The Balaban J connectivity index is 2.27. The van der Waals surface area contributed by atoms with Crippen molar-refractivity contribution < 1.29 is 33.8 Å². The maximum atomic E-state index is 14.3. The standard InChI is InChI=1S/C42H73N5O7/c1-15-28(8)37(46(12)42(52)35(25(2)3)44-41(51)36(26(4)5)45(11)27(6)7)33(53-13)24-34(48)47-23-19-22-32(47)39(54-14)29(9)40(50)43-30(10)38(49)31-20-17-16-18-21-31/h16-18,20-21,25-30,32-33,35-39,49H,15,19,22-24H2,1-14H3,(H,43,50)(H,44,51)/t28-,29+,30+,32-,33+,35-,36-,37?,38+,39+/m0/s1. The normalized spacial score (nSPS) is 19.9. The molecule has 4 amide bonds. The minimum Gasteiger partial charge on any atom is -0.386 e. The Morgan fingerprint density at radius 3 is 2.00 bits per heavy atom. The quantitative estimate of drug-likeness (QED) is 0.165. The lowest BCUT2D eigenvalue weighted by Gasteiger charge is -2.41. The van der Waals surface area contributed by atoms with Crippen molar-refractivity contribution >= 4 is 23.6 Å². The number of aliphatic hydroxyl groups excluding tert-OH is 1. The van der Waals surface area contributed by atoms with Gasteiger partial charge in [-0.1, -0.05) is 85.2 Å². The van der Waals surface area contributed by atoms with Gasteiger partial charge in [0.25, 0.3) is 0 Å². The van der Waals surface area contributed by atoms with Crippen molar-refractivity contribution in [3.8, 4) is 0 Å². The van der Waals surface area contributed by atoms with Crippen molar-refractivity contribution in [1.29, 1.82) is 0 Å². The van der Waals surface area contributed by atoms with Gasteiger partial charge >= 0.3 is 0 Å². The largest absolute Gasteiger partial charge is 0.386 e. The lowest BCUT2D eigenvalue weighted by Crippen LogP contribution is -2.60. The summed E-state index contributed by atoms with van der Waals surface area (Å²) in [7, 11) is 6.80. The summed E-state index contributed by atoms with van der Waals surface area (Å²) >= 11 is 0. The Bertz CT molecular complexity index is 1330. The lowest BCUT2D eigenvalue weighted by atomic mass is 9.89. The van der Waals surface area contributed by atoms with E-state index in [0.717, 1.165) is 12.8 Å². The van der Waals surface area contributed by atoms with Crippen LogP contribution in [0.4, 0.5) is 0 Å². The number of carbonyl (C=O) groups is 4. The number of aliphatic hydroxyl groups is 1. The van der Waals surface area contributed by atoms with E-state index in [1.54, 1.807) is 44.9 Å². The van der Waals surface area contributed by atoms with E-state index >= 15 is 0 Å². The number of methoxy groups -OCH3 is 2. The van der Waals surface area contributed by atoms with Crippen LogP contribution in [0.25, 0.3) is 0 Å². The van der Waals surface area contributed by atoms with Crippen LogP contribution in [-0.4, -0.2) is 127 Å². The monoisotopic (exact) mass is 760 g/mol. The van der Waals surface area contributed by atoms with Crippen molar-refractivity contribution in [3.05, 3.63) is 35.9 Å². The number of hydrogen-bond acceptors (Lipinski definition) is 8. The van der Waals surface area contributed by atoms with E-state index in [4.69, 9.17) is 9.47 Å². The molecule has 0 aliphatic carbocycles. The van der Waals surface area contributed by atoms with E-state index in [-0.39, 0.29) is 59.9 Å². The van der Waals surface area contributed by atoms with E-state index in [1.807, 2.05) is 90.7 Å². The summed E-state index contributed by atoms with van der Waals surface area (Å²) in [6, 6.07) is 6.85. The molecule has 1 saturated heterocycles. The minimum atomic E-state index is -0.877. The summed E-state index contributed by atoms with van der Waals surface area (Å²) in [5, 5.41) is 16.9. The molecule has 0 aromatic heterocycles. The molecular formula is C42H73N5O7. The van der Waals surface area contributed by atoms with E-state index in [9.17, 15) is 24.3 Å². The molecule has 0 bridgehead atoms. The Morgan fingerprint density at radius 1 is 0.889 bits per heavy atom. The fourth-order valence-electron chi connectivity index (χ4n) is 7.93. The fourth-order valence-corrected chi connectivity index (χ4v) is 7.93. The second-order valence-electron chi connectivity index (χ2n) is 16.4. The van der Waals surface area contributed by atoms with E-state index in [0.29, 0.717) is 18.5 Å². The lowest BCUT2D eigenvalue weighted by molar-refractivity contribution is -0.148. The molecule has 1 fully saturated rings. The van der Waals surface area contributed by atoms with Gasteiger partial charge in [0.15, 0.2) is 0 Å². The average Bonchev–Trinajstić information content (AvgIpc) is 3.62. The summed E-state index contributed by atoms with van der Waals surface area (Å²) in [5.74, 6) is -1.57. The Kier molecular flexibility index (Phi) is 19.1. The zero-order valence-electron chi connectivity index (χ0n) is 35.7. The van der Waals surface area contributed by atoms with Crippen LogP contribution in [0.2, 0.25) is 0 Å². The second-order valence-corrected chi connectivity index (χ2v) is 16.4. The number of ether oxygens (including phenoxy) is 2. The first-order valence-corrected chi connectivity index (χ1v) is 20.0. The van der Waals surface area contributed by atoms with Crippen molar-refractivity contribution in [2.45, 2.75) is 149 Å². The molecule has 0 spiro atoms. The minimum absolute atomic E-state index is 0.0197. The highest BCUT2D eigenvalue weighted by molar-refractivity contribution is 5.90. The van der Waals surface area contributed by atoms with Gasteiger partial charge in [0.1, 0.15) is 6.04 Å². The number of likely N-dealkylation sites (tertiary alicyclic amines) is 1. The van der Waals surface area contributed by atoms with Crippen LogP contribution in [0.15, 0.2) is 30.3 Å². The zero-order valence-corrected chi connectivity index (χ0v) is 35.7. The molecule has 1 aromatic rings. The number of carbonyl (C=O) groups excluding carboxylic acids is 4. The maximum absolute atomic E-state index is 14.3. The molecule has 10 atom stereocenters. The predicted molar refractivity (Wildman–Crippen MR) is 213 cm³/mol. The first-order valence-electron chi connectivity index (χ1n) is 20.0. The fraction of sp³-hybridized carbons (Fsp3) is 0.762. The Labute approximate surface area is 326 Å². The van der Waals surface area contributed by atoms with Gasteiger partial charge in [0.2, 0.25) is 23.6 Å². The summed E-state index contributed by atoms with van der Waals surface area (Å²) in [6.45, 7) is 20.1. The first-order chi connectivity index (χ1) is 25.3. The van der Waals surface area contributed by atoms with Gasteiger partial charge in [-0.25, -0.2) is 0 Å². The molecule has 1 aromatic carbocycles.